The summed E-state index contributed by atoms with van der Waals surface area (Å²) in [6.45, 7) is 0. The first-order chi connectivity index (χ1) is 12.6. The maximum absolute atomic E-state index is 12.5. The van der Waals surface area contributed by atoms with Gasteiger partial charge in [0.05, 0.1) is 14.7 Å². The molecule has 4 rings (SSSR count). The predicted octanol–water partition coefficient (Wildman–Crippen LogP) is 6.52. The molecule has 0 aliphatic rings. The zero-order valence-corrected chi connectivity index (χ0v) is 15.7. The van der Waals surface area contributed by atoms with Gasteiger partial charge in [0.1, 0.15) is 5.52 Å². The second kappa shape index (κ2) is 7.08. The van der Waals surface area contributed by atoms with E-state index in [9.17, 15) is 4.79 Å². The van der Waals surface area contributed by atoms with Gasteiger partial charge in [0, 0.05) is 5.56 Å². The molecule has 0 spiro atoms. The summed E-state index contributed by atoms with van der Waals surface area (Å²) in [6.07, 6.45) is 0. The summed E-state index contributed by atoms with van der Waals surface area (Å²) in [6, 6.07) is 21.0. The highest BCUT2D eigenvalue weighted by molar-refractivity contribution is 7.22. The van der Waals surface area contributed by atoms with Crippen molar-refractivity contribution in [1.82, 2.24) is 4.98 Å². The zero-order chi connectivity index (χ0) is 18.1. The number of hydrogen-bond acceptors (Lipinski definition) is 3. The molecule has 0 aliphatic heterocycles. The van der Waals surface area contributed by atoms with Crippen molar-refractivity contribution in [2.75, 3.05) is 5.32 Å². The molecule has 128 valence electrons. The van der Waals surface area contributed by atoms with Gasteiger partial charge in [-0.25, -0.2) is 4.98 Å². The summed E-state index contributed by atoms with van der Waals surface area (Å²) >= 11 is 13.5. The van der Waals surface area contributed by atoms with Crippen LogP contribution >= 0.6 is 34.5 Å². The summed E-state index contributed by atoms with van der Waals surface area (Å²) in [5, 5.41) is 4.15. The standard InChI is InChI=1S/C20H12Cl2N2OS/c21-15-10-11-16-18(17(15)22)23-20(26-16)24-19(25)14-8-6-13(7-9-14)12-4-2-1-3-5-12/h1-11H,(H,23,24,25). The van der Waals surface area contributed by atoms with Crippen LogP contribution in [0.3, 0.4) is 0 Å². The molecule has 6 heteroatoms. The van der Waals surface area contributed by atoms with E-state index in [1.54, 1.807) is 18.2 Å². The number of thiazole rings is 1. The van der Waals surface area contributed by atoms with Crippen LogP contribution in [0.15, 0.2) is 66.7 Å². The molecule has 0 saturated heterocycles. The van der Waals surface area contributed by atoms with Crippen LogP contribution in [0.25, 0.3) is 21.3 Å². The Kier molecular flexibility index (Phi) is 4.64. The number of carbonyl (C=O) groups is 1. The fourth-order valence-corrected chi connectivity index (χ4v) is 3.89. The molecule has 0 saturated carbocycles. The van der Waals surface area contributed by atoms with Gasteiger partial charge in [0.25, 0.3) is 5.91 Å². The van der Waals surface area contributed by atoms with Crippen LogP contribution in [0.5, 0.6) is 0 Å². The van der Waals surface area contributed by atoms with Crippen LogP contribution in [0.4, 0.5) is 5.13 Å². The van der Waals surface area contributed by atoms with Gasteiger partial charge < -0.3 is 0 Å². The van der Waals surface area contributed by atoms with E-state index in [1.165, 1.54) is 11.3 Å². The number of aromatic nitrogens is 1. The average molecular weight is 399 g/mol. The first-order valence-corrected chi connectivity index (χ1v) is 9.40. The lowest BCUT2D eigenvalue weighted by atomic mass is 10.0. The molecular formula is C20H12Cl2N2OS. The Morgan fingerprint density at radius 1 is 0.885 bits per heavy atom. The van der Waals surface area contributed by atoms with Crippen molar-refractivity contribution in [2.45, 2.75) is 0 Å². The molecule has 0 atom stereocenters. The van der Waals surface area contributed by atoms with Crippen molar-refractivity contribution in [1.29, 1.82) is 0 Å². The van der Waals surface area contributed by atoms with E-state index >= 15 is 0 Å². The summed E-state index contributed by atoms with van der Waals surface area (Å²) in [4.78, 5) is 16.9. The van der Waals surface area contributed by atoms with Gasteiger partial charge in [-0.2, -0.15) is 0 Å². The molecule has 0 fully saturated rings. The van der Waals surface area contributed by atoms with Crippen molar-refractivity contribution in [3.63, 3.8) is 0 Å². The third-order valence-corrected chi connectivity index (χ3v) is 5.66. The fraction of sp³-hybridized carbons (Fsp3) is 0. The minimum absolute atomic E-state index is 0.217. The largest absolute Gasteiger partial charge is 0.298 e. The molecule has 1 heterocycles. The van der Waals surface area contributed by atoms with Gasteiger partial charge in [-0.1, -0.05) is 77.0 Å². The van der Waals surface area contributed by atoms with E-state index in [1.807, 2.05) is 48.5 Å². The van der Waals surface area contributed by atoms with E-state index in [2.05, 4.69) is 10.3 Å². The topological polar surface area (TPSA) is 42.0 Å². The number of hydrogen-bond donors (Lipinski definition) is 1. The second-order valence-electron chi connectivity index (χ2n) is 5.62. The molecule has 1 aromatic heterocycles. The SMILES string of the molecule is O=C(Nc1nc2c(Cl)c(Cl)ccc2s1)c1ccc(-c2ccccc2)cc1. The van der Waals surface area contributed by atoms with Gasteiger partial charge in [0.2, 0.25) is 0 Å². The van der Waals surface area contributed by atoms with E-state index in [4.69, 9.17) is 23.2 Å². The normalized spacial score (nSPS) is 10.8. The number of benzene rings is 3. The quantitative estimate of drug-likeness (QED) is 0.426. The Bertz CT molecular complexity index is 1090. The lowest BCUT2D eigenvalue weighted by Crippen LogP contribution is -2.11. The van der Waals surface area contributed by atoms with Crippen molar-refractivity contribution in [2.24, 2.45) is 0 Å². The Hall–Kier alpha value is -2.40. The molecule has 0 aliphatic carbocycles. The lowest BCUT2D eigenvalue weighted by molar-refractivity contribution is 0.102. The van der Waals surface area contributed by atoms with Crippen LogP contribution in [-0.4, -0.2) is 10.9 Å². The van der Waals surface area contributed by atoms with Gasteiger partial charge in [-0.3, -0.25) is 10.1 Å². The number of nitrogens with one attached hydrogen (secondary N) is 1. The van der Waals surface area contributed by atoms with Crippen molar-refractivity contribution in [3.05, 3.63) is 82.3 Å². The van der Waals surface area contributed by atoms with Crippen LogP contribution in [0.1, 0.15) is 10.4 Å². The van der Waals surface area contributed by atoms with E-state index in [0.717, 1.165) is 15.8 Å². The molecule has 1 amide bonds. The molecular weight excluding hydrogens is 387 g/mol. The number of carbonyl (C=O) groups excluding carboxylic acids is 1. The molecule has 0 radical (unpaired) electrons. The Labute approximate surface area is 164 Å². The molecule has 0 unspecified atom stereocenters. The highest BCUT2D eigenvalue weighted by Crippen LogP contribution is 2.35. The van der Waals surface area contributed by atoms with Gasteiger partial charge in [-0.05, 0) is 35.4 Å². The van der Waals surface area contributed by atoms with Crippen molar-refractivity contribution in [3.8, 4) is 11.1 Å². The number of nitrogens with zero attached hydrogens (tertiary/aromatic N) is 1. The molecule has 4 aromatic rings. The average Bonchev–Trinajstić information content (AvgIpc) is 3.09. The number of fused-ring (bicyclic) bond motifs is 1. The second-order valence-corrected chi connectivity index (χ2v) is 7.44. The van der Waals surface area contributed by atoms with Crippen molar-refractivity contribution >= 4 is 55.8 Å². The number of anilines is 1. The van der Waals surface area contributed by atoms with Crippen molar-refractivity contribution < 1.29 is 4.79 Å². The number of halogens is 2. The Morgan fingerprint density at radius 3 is 2.31 bits per heavy atom. The summed E-state index contributed by atoms with van der Waals surface area (Å²) in [5.41, 5.74) is 3.33. The van der Waals surface area contributed by atoms with E-state index < -0.39 is 0 Å². The minimum Gasteiger partial charge on any atom is -0.298 e. The predicted molar refractivity (Wildman–Crippen MR) is 109 cm³/mol. The molecule has 0 bridgehead atoms. The van der Waals surface area contributed by atoms with Crippen LogP contribution < -0.4 is 5.32 Å². The lowest BCUT2D eigenvalue weighted by Gasteiger charge is -2.04. The third-order valence-electron chi connectivity index (χ3n) is 3.93. The minimum atomic E-state index is -0.217. The smallest absolute Gasteiger partial charge is 0.257 e. The fourth-order valence-electron chi connectivity index (χ4n) is 2.60. The monoisotopic (exact) mass is 398 g/mol. The third kappa shape index (κ3) is 3.31. The maximum Gasteiger partial charge on any atom is 0.257 e. The molecule has 26 heavy (non-hydrogen) atoms. The highest BCUT2D eigenvalue weighted by atomic mass is 35.5. The number of amides is 1. The van der Waals surface area contributed by atoms with Gasteiger partial charge in [0.15, 0.2) is 5.13 Å². The number of rotatable bonds is 3. The first kappa shape index (κ1) is 17.0. The van der Waals surface area contributed by atoms with Gasteiger partial charge in [-0.15, -0.1) is 0 Å². The molecule has 3 aromatic carbocycles. The van der Waals surface area contributed by atoms with Crippen LogP contribution in [0, 0.1) is 0 Å². The van der Waals surface area contributed by atoms with Gasteiger partial charge >= 0.3 is 0 Å². The summed E-state index contributed by atoms with van der Waals surface area (Å²) in [7, 11) is 0. The summed E-state index contributed by atoms with van der Waals surface area (Å²) in [5.74, 6) is -0.217. The highest BCUT2D eigenvalue weighted by Gasteiger charge is 2.13. The maximum atomic E-state index is 12.5. The molecule has 1 N–H and O–H groups in total. The Balaban J connectivity index is 1.56. The summed E-state index contributed by atoms with van der Waals surface area (Å²) < 4.78 is 0.870. The molecule has 3 nitrogen and oxygen atoms in total. The van der Waals surface area contributed by atoms with E-state index in [0.29, 0.717) is 26.3 Å². The van der Waals surface area contributed by atoms with Crippen LogP contribution in [0.2, 0.25) is 10.0 Å². The van der Waals surface area contributed by atoms with Crippen LogP contribution in [-0.2, 0) is 0 Å². The first-order valence-electron chi connectivity index (χ1n) is 7.83. The zero-order valence-electron chi connectivity index (χ0n) is 13.4. The van der Waals surface area contributed by atoms with E-state index in [-0.39, 0.29) is 5.91 Å². The Morgan fingerprint density at radius 2 is 1.58 bits per heavy atom.